The number of aryl methyl sites for hydroxylation is 1. The quantitative estimate of drug-likeness (QED) is 0.707. The fourth-order valence-corrected chi connectivity index (χ4v) is 3.57. The molecule has 1 heterocycles. The minimum atomic E-state index is -0.0663. The van der Waals surface area contributed by atoms with Crippen molar-refractivity contribution >= 4 is 22.9 Å². The van der Waals surface area contributed by atoms with Crippen LogP contribution in [0.15, 0.2) is 66.0 Å². The Hall–Kier alpha value is -2.94. The average molecular weight is 362 g/mol. The summed E-state index contributed by atoms with van der Waals surface area (Å²) in [4.78, 5) is 13.5. The average Bonchev–Trinajstić information content (AvgIpc) is 3.18. The van der Waals surface area contributed by atoms with E-state index < -0.39 is 0 Å². The number of rotatable bonds is 6. The monoisotopic (exact) mass is 362 g/mol. The van der Waals surface area contributed by atoms with E-state index in [2.05, 4.69) is 59.3 Å². The summed E-state index contributed by atoms with van der Waals surface area (Å²) in [5.41, 5.74) is 3.68. The molecule has 3 N–H and O–H groups in total. The van der Waals surface area contributed by atoms with Crippen LogP contribution in [0.2, 0.25) is 0 Å². The van der Waals surface area contributed by atoms with Crippen LogP contribution < -0.4 is 10.6 Å². The highest BCUT2D eigenvalue weighted by atomic mass is 32.1. The van der Waals surface area contributed by atoms with Gasteiger partial charge in [0.25, 0.3) is 5.91 Å². The number of anilines is 1. The summed E-state index contributed by atoms with van der Waals surface area (Å²) < 4.78 is 0. The van der Waals surface area contributed by atoms with Gasteiger partial charge in [0.2, 0.25) is 0 Å². The lowest BCUT2D eigenvalue weighted by atomic mass is 10.0. The summed E-state index contributed by atoms with van der Waals surface area (Å²) in [5.74, 6) is -0.0663. The van der Waals surface area contributed by atoms with E-state index in [4.69, 9.17) is 5.26 Å². The first-order chi connectivity index (χ1) is 12.7. The number of nitrogens with one attached hydrogen (secondary N) is 1. The number of amides is 1. The Morgan fingerprint density at radius 1 is 1.15 bits per heavy atom. The van der Waals surface area contributed by atoms with E-state index in [1.165, 1.54) is 16.0 Å². The molecule has 26 heavy (non-hydrogen) atoms. The van der Waals surface area contributed by atoms with Crippen molar-refractivity contribution in [2.45, 2.75) is 13.0 Å². The fourth-order valence-electron chi connectivity index (χ4n) is 2.72. The second-order valence-electron chi connectivity index (χ2n) is 6.08. The van der Waals surface area contributed by atoms with Crippen LogP contribution in [0.1, 0.15) is 27.6 Å². The Balaban J connectivity index is 1.66. The zero-order valence-corrected chi connectivity index (χ0v) is 15.3. The van der Waals surface area contributed by atoms with Crippen LogP contribution in [0.25, 0.3) is 0 Å². The molecule has 2 aromatic carbocycles. The van der Waals surface area contributed by atoms with Gasteiger partial charge in [0, 0.05) is 11.3 Å². The standard InChI is InChI=1S/C21H19N3OS/c1-15-4-8-17(9-5-15)21(19-3-2-12-26-19)23-14-20(25)24-18-10-6-16(13-22)7-11-18/h2-12,21,23H,14H2,1H3,(H,24,25)/p+1/t21-/m1/s1. The first kappa shape index (κ1) is 17.9. The smallest absolute Gasteiger partial charge is 0.279 e. The molecule has 0 aliphatic heterocycles. The van der Waals surface area contributed by atoms with Gasteiger partial charge in [-0.1, -0.05) is 35.9 Å². The van der Waals surface area contributed by atoms with Gasteiger partial charge >= 0.3 is 0 Å². The van der Waals surface area contributed by atoms with E-state index >= 15 is 0 Å². The Bertz CT molecular complexity index is 894. The summed E-state index contributed by atoms with van der Waals surface area (Å²) in [5, 5.41) is 15.8. The number of nitriles is 1. The van der Waals surface area contributed by atoms with Crippen molar-refractivity contribution < 1.29 is 10.1 Å². The molecule has 0 fully saturated rings. The molecule has 0 unspecified atom stereocenters. The second-order valence-corrected chi connectivity index (χ2v) is 7.06. The third kappa shape index (κ3) is 4.57. The normalized spacial score (nSPS) is 11.5. The topological polar surface area (TPSA) is 69.5 Å². The second kappa shape index (κ2) is 8.43. The highest BCUT2D eigenvalue weighted by molar-refractivity contribution is 7.10. The van der Waals surface area contributed by atoms with Crippen LogP contribution in [0, 0.1) is 18.3 Å². The number of hydrogen-bond donors (Lipinski definition) is 2. The maximum absolute atomic E-state index is 12.3. The van der Waals surface area contributed by atoms with Crippen molar-refractivity contribution in [3.8, 4) is 6.07 Å². The number of carbonyl (C=O) groups is 1. The van der Waals surface area contributed by atoms with Crippen molar-refractivity contribution in [2.24, 2.45) is 0 Å². The number of thiophene rings is 1. The van der Waals surface area contributed by atoms with Gasteiger partial charge in [-0.25, -0.2) is 0 Å². The molecule has 0 radical (unpaired) electrons. The largest absolute Gasteiger partial charge is 0.328 e. The van der Waals surface area contributed by atoms with Crippen LogP contribution in [0.5, 0.6) is 0 Å². The van der Waals surface area contributed by atoms with Crippen molar-refractivity contribution in [1.29, 1.82) is 5.26 Å². The first-order valence-electron chi connectivity index (χ1n) is 8.39. The summed E-state index contributed by atoms with van der Waals surface area (Å²) in [7, 11) is 0. The van der Waals surface area contributed by atoms with E-state index in [-0.39, 0.29) is 11.9 Å². The molecule has 130 valence electrons. The number of benzene rings is 2. The number of nitrogens with two attached hydrogens (primary N) is 1. The first-order valence-corrected chi connectivity index (χ1v) is 9.27. The van der Waals surface area contributed by atoms with Crippen LogP contribution in [0.3, 0.4) is 0 Å². The zero-order chi connectivity index (χ0) is 18.4. The van der Waals surface area contributed by atoms with Crippen LogP contribution in [-0.2, 0) is 4.79 Å². The number of carbonyl (C=O) groups excluding carboxylic acids is 1. The Labute approximate surface area is 157 Å². The molecule has 0 aliphatic carbocycles. The van der Waals surface area contributed by atoms with Crippen molar-refractivity contribution in [3.63, 3.8) is 0 Å². The van der Waals surface area contributed by atoms with E-state index in [1.807, 2.05) is 6.07 Å². The van der Waals surface area contributed by atoms with Crippen LogP contribution >= 0.6 is 11.3 Å². The van der Waals surface area contributed by atoms with Gasteiger partial charge < -0.3 is 10.6 Å². The van der Waals surface area contributed by atoms with Crippen molar-refractivity contribution in [1.82, 2.24) is 0 Å². The van der Waals surface area contributed by atoms with Crippen molar-refractivity contribution in [3.05, 3.63) is 87.6 Å². The maximum Gasteiger partial charge on any atom is 0.279 e. The third-order valence-corrected chi connectivity index (χ3v) is 5.08. The summed E-state index contributed by atoms with van der Waals surface area (Å²) in [6.45, 7) is 2.38. The summed E-state index contributed by atoms with van der Waals surface area (Å²) in [6.07, 6.45) is 0. The van der Waals surface area contributed by atoms with Crippen LogP contribution in [0.4, 0.5) is 5.69 Å². The Morgan fingerprint density at radius 2 is 1.88 bits per heavy atom. The predicted octanol–water partition coefficient (Wildman–Crippen LogP) is 3.22. The van der Waals surface area contributed by atoms with Gasteiger partial charge in [-0.3, -0.25) is 4.79 Å². The molecular formula is C21H20N3OS+. The fraction of sp³-hybridized carbons (Fsp3) is 0.143. The number of nitrogens with zero attached hydrogens (tertiary/aromatic N) is 1. The van der Waals surface area contributed by atoms with Gasteiger partial charge in [0.05, 0.1) is 16.5 Å². The molecule has 0 aliphatic rings. The lowest BCUT2D eigenvalue weighted by Gasteiger charge is -2.15. The predicted molar refractivity (Wildman–Crippen MR) is 104 cm³/mol. The summed E-state index contributed by atoms with van der Waals surface area (Å²) >= 11 is 1.70. The number of hydrogen-bond acceptors (Lipinski definition) is 3. The molecule has 1 atom stereocenters. The minimum absolute atomic E-state index is 0.0663. The lowest BCUT2D eigenvalue weighted by molar-refractivity contribution is -0.675. The van der Waals surface area contributed by atoms with E-state index in [1.54, 1.807) is 35.6 Å². The summed E-state index contributed by atoms with van der Waals surface area (Å²) in [6, 6.07) is 21.6. The molecule has 0 bridgehead atoms. The molecule has 3 aromatic rings. The molecule has 0 saturated heterocycles. The van der Waals surface area contributed by atoms with Crippen LogP contribution in [-0.4, -0.2) is 12.5 Å². The Kier molecular flexibility index (Phi) is 5.80. The molecule has 5 heteroatoms. The molecule has 0 saturated carbocycles. The van der Waals surface area contributed by atoms with E-state index in [0.717, 1.165) is 0 Å². The molecule has 4 nitrogen and oxygen atoms in total. The van der Waals surface area contributed by atoms with Crippen molar-refractivity contribution in [2.75, 3.05) is 11.9 Å². The Morgan fingerprint density at radius 3 is 2.50 bits per heavy atom. The van der Waals surface area contributed by atoms with E-state index in [0.29, 0.717) is 17.8 Å². The molecule has 1 aromatic heterocycles. The maximum atomic E-state index is 12.3. The molecule has 3 rings (SSSR count). The lowest BCUT2D eigenvalue weighted by Crippen LogP contribution is -2.87. The number of quaternary nitrogens is 1. The third-order valence-electron chi connectivity index (χ3n) is 4.12. The van der Waals surface area contributed by atoms with E-state index in [9.17, 15) is 4.79 Å². The highest BCUT2D eigenvalue weighted by Crippen LogP contribution is 2.23. The van der Waals surface area contributed by atoms with Gasteiger partial charge in [0.1, 0.15) is 6.04 Å². The van der Waals surface area contributed by atoms with Gasteiger partial charge in [-0.05, 0) is 42.6 Å². The van der Waals surface area contributed by atoms with Gasteiger partial charge in [-0.2, -0.15) is 5.26 Å². The molecular weight excluding hydrogens is 342 g/mol. The van der Waals surface area contributed by atoms with Gasteiger partial charge in [0.15, 0.2) is 6.54 Å². The SMILES string of the molecule is Cc1ccc([C@@H]([NH2+]CC(=O)Nc2ccc(C#N)cc2)c2cccs2)cc1. The molecule has 0 spiro atoms. The van der Waals surface area contributed by atoms with Gasteiger partial charge in [-0.15, -0.1) is 11.3 Å². The highest BCUT2D eigenvalue weighted by Gasteiger charge is 2.20. The molecule has 1 amide bonds. The zero-order valence-electron chi connectivity index (χ0n) is 14.5. The minimum Gasteiger partial charge on any atom is -0.328 e.